The molecule has 3 heterocycles. The van der Waals surface area contributed by atoms with E-state index in [2.05, 4.69) is 16.4 Å². The second-order valence-electron chi connectivity index (χ2n) is 8.67. The molecular formula is C26H28FN5O2. The van der Waals surface area contributed by atoms with Crippen LogP contribution < -0.4 is 14.5 Å². The Morgan fingerprint density at radius 1 is 1.12 bits per heavy atom. The van der Waals surface area contributed by atoms with E-state index in [1.165, 1.54) is 13.2 Å². The van der Waals surface area contributed by atoms with Crippen LogP contribution in [0.4, 0.5) is 15.9 Å². The first-order valence-corrected chi connectivity index (χ1v) is 11.5. The lowest BCUT2D eigenvalue weighted by atomic mass is 10.0. The predicted octanol–water partition coefficient (Wildman–Crippen LogP) is 3.48. The molecule has 0 radical (unpaired) electrons. The number of amides is 1. The first kappa shape index (κ1) is 22.1. The molecule has 2 aliphatic heterocycles. The highest BCUT2D eigenvalue weighted by Gasteiger charge is 2.29. The van der Waals surface area contributed by atoms with Crippen LogP contribution in [-0.4, -0.2) is 60.6 Å². The Balaban J connectivity index is 1.48. The van der Waals surface area contributed by atoms with Crippen molar-refractivity contribution in [2.45, 2.75) is 19.9 Å². The number of hydrogen-bond acceptors (Lipinski definition) is 6. The van der Waals surface area contributed by atoms with Gasteiger partial charge in [0.2, 0.25) is 5.91 Å². The number of anilines is 2. The number of aryl methyl sites for hydroxylation is 1. The number of hydrogen-bond donors (Lipinski definition) is 0. The summed E-state index contributed by atoms with van der Waals surface area (Å²) < 4.78 is 20.8. The van der Waals surface area contributed by atoms with E-state index >= 15 is 4.39 Å². The van der Waals surface area contributed by atoms with Crippen molar-refractivity contribution in [3.05, 3.63) is 65.9 Å². The number of rotatable bonds is 4. The lowest BCUT2D eigenvalue weighted by molar-refractivity contribution is -0.126. The summed E-state index contributed by atoms with van der Waals surface area (Å²) in [5.41, 5.74) is 2.58. The zero-order valence-corrected chi connectivity index (χ0v) is 19.6. The average molecular weight is 462 g/mol. The van der Waals surface area contributed by atoms with Crippen LogP contribution in [0.3, 0.4) is 0 Å². The summed E-state index contributed by atoms with van der Waals surface area (Å²) >= 11 is 0. The lowest BCUT2D eigenvalue weighted by Gasteiger charge is -2.38. The molecule has 0 saturated carbocycles. The number of carbonyl (C=O) groups excluding carboxylic acids is 1. The van der Waals surface area contributed by atoms with Gasteiger partial charge in [-0.25, -0.2) is 14.4 Å². The topological polar surface area (TPSA) is 61.8 Å². The molecule has 0 bridgehead atoms. The molecule has 5 rings (SSSR count). The highest BCUT2D eigenvalue weighted by atomic mass is 19.1. The first-order valence-electron chi connectivity index (χ1n) is 11.5. The number of ether oxygens (including phenoxy) is 1. The summed E-state index contributed by atoms with van der Waals surface area (Å²) in [6, 6.07) is 9.54. The molecule has 0 aliphatic carbocycles. The number of aromatic nitrogens is 2. The molecule has 2 aliphatic rings. The largest absolute Gasteiger partial charge is 0.494 e. The van der Waals surface area contributed by atoms with Crippen LogP contribution in [0.1, 0.15) is 17.1 Å². The Kier molecular flexibility index (Phi) is 5.81. The molecule has 0 unspecified atom stereocenters. The standard InChI is InChI=1S/C26H28FN5O2/c1-4-23(33)30-11-13-31(14-12-30)26-20-9-10-32(16-21(20)28-17(2)29-26)25-19-8-6-5-7-18(19)15-22(34-3)24(25)27/h4-8,15H,1,9-14,16H2,2-3H3. The summed E-state index contributed by atoms with van der Waals surface area (Å²) in [5.74, 6) is 1.48. The fourth-order valence-electron chi connectivity index (χ4n) is 4.99. The number of piperazine rings is 1. The van der Waals surface area contributed by atoms with Gasteiger partial charge in [0, 0.05) is 43.7 Å². The molecule has 176 valence electrons. The van der Waals surface area contributed by atoms with Crippen LogP contribution in [0, 0.1) is 12.7 Å². The molecule has 0 spiro atoms. The van der Waals surface area contributed by atoms with Gasteiger partial charge in [-0.3, -0.25) is 4.79 Å². The van der Waals surface area contributed by atoms with E-state index in [0.29, 0.717) is 57.2 Å². The van der Waals surface area contributed by atoms with Crippen molar-refractivity contribution >= 4 is 28.2 Å². The molecular weight excluding hydrogens is 433 g/mol. The smallest absolute Gasteiger partial charge is 0.246 e. The van der Waals surface area contributed by atoms with E-state index in [4.69, 9.17) is 14.7 Å². The molecule has 34 heavy (non-hydrogen) atoms. The molecule has 8 heteroatoms. The third-order valence-corrected chi connectivity index (χ3v) is 6.68. The highest BCUT2D eigenvalue weighted by molar-refractivity contribution is 5.96. The third kappa shape index (κ3) is 3.83. The van der Waals surface area contributed by atoms with Crippen molar-refractivity contribution in [1.82, 2.24) is 14.9 Å². The summed E-state index contributed by atoms with van der Waals surface area (Å²) in [7, 11) is 1.49. The van der Waals surface area contributed by atoms with Gasteiger partial charge >= 0.3 is 0 Å². The zero-order valence-electron chi connectivity index (χ0n) is 19.6. The van der Waals surface area contributed by atoms with E-state index in [1.54, 1.807) is 6.07 Å². The average Bonchev–Trinajstić information content (AvgIpc) is 2.87. The molecule has 1 fully saturated rings. The van der Waals surface area contributed by atoms with Crippen LogP contribution in [0.2, 0.25) is 0 Å². The number of fused-ring (bicyclic) bond motifs is 2. The second kappa shape index (κ2) is 8.93. The fourth-order valence-corrected chi connectivity index (χ4v) is 4.99. The van der Waals surface area contributed by atoms with Gasteiger partial charge in [0.05, 0.1) is 25.0 Å². The van der Waals surface area contributed by atoms with E-state index < -0.39 is 0 Å². The second-order valence-corrected chi connectivity index (χ2v) is 8.67. The lowest BCUT2D eigenvalue weighted by Crippen LogP contribution is -2.49. The molecule has 1 saturated heterocycles. The maximum absolute atomic E-state index is 15.5. The molecule has 7 nitrogen and oxygen atoms in total. The SMILES string of the molecule is C=CC(=O)N1CCN(c2nc(C)nc3c2CCN(c2c(F)c(OC)cc4ccccc24)C3)CC1. The number of benzene rings is 2. The van der Waals surface area contributed by atoms with Gasteiger partial charge in [-0.1, -0.05) is 30.8 Å². The Labute approximate surface area is 198 Å². The van der Waals surface area contributed by atoms with Crippen molar-refractivity contribution < 1.29 is 13.9 Å². The van der Waals surface area contributed by atoms with Crippen LogP contribution >= 0.6 is 0 Å². The number of methoxy groups -OCH3 is 1. The minimum absolute atomic E-state index is 0.0382. The summed E-state index contributed by atoms with van der Waals surface area (Å²) in [4.78, 5) is 27.6. The first-order chi connectivity index (χ1) is 16.5. The van der Waals surface area contributed by atoms with Gasteiger partial charge in [0.1, 0.15) is 11.6 Å². The van der Waals surface area contributed by atoms with Crippen LogP contribution in [0.5, 0.6) is 5.75 Å². The Morgan fingerprint density at radius 2 is 1.88 bits per heavy atom. The summed E-state index contributed by atoms with van der Waals surface area (Å²) in [5, 5.41) is 1.80. The normalized spacial score (nSPS) is 15.9. The van der Waals surface area contributed by atoms with Crippen molar-refractivity contribution in [1.29, 1.82) is 0 Å². The Bertz CT molecular complexity index is 1270. The quantitative estimate of drug-likeness (QED) is 0.555. The van der Waals surface area contributed by atoms with E-state index in [1.807, 2.05) is 36.1 Å². The van der Waals surface area contributed by atoms with Gasteiger partial charge in [-0.15, -0.1) is 0 Å². The van der Waals surface area contributed by atoms with E-state index in [-0.39, 0.29) is 17.5 Å². The highest BCUT2D eigenvalue weighted by Crippen LogP contribution is 2.39. The summed E-state index contributed by atoms with van der Waals surface area (Å²) in [6.07, 6.45) is 2.07. The molecule has 3 aromatic rings. The maximum Gasteiger partial charge on any atom is 0.246 e. The number of nitrogens with zero attached hydrogens (tertiary/aromatic N) is 5. The Morgan fingerprint density at radius 3 is 2.62 bits per heavy atom. The minimum atomic E-state index is -0.348. The summed E-state index contributed by atoms with van der Waals surface area (Å²) in [6.45, 7) is 9.31. The number of carbonyl (C=O) groups is 1. The van der Waals surface area contributed by atoms with Crippen molar-refractivity contribution in [2.75, 3.05) is 49.6 Å². The predicted molar refractivity (Wildman–Crippen MR) is 131 cm³/mol. The molecule has 1 amide bonds. The molecule has 0 N–H and O–H groups in total. The van der Waals surface area contributed by atoms with Crippen LogP contribution in [-0.2, 0) is 17.8 Å². The van der Waals surface area contributed by atoms with Gasteiger partial charge in [0.15, 0.2) is 11.6 Å². The molecule has 2 aromatic carbocycles. The van der Waals surface area contributed by atoms with E-state index in [9.17, 15) is 4.79 Å². The molecule has 0 atom stereocenters. The minimum Gasteiger partial charge on any atom is -0.494 e. The van der Waals surface area contributed by atoms with Crippen LogP contribution in [0.15, 0.2) is 43.0 Å². The monoisotopic (exact) mass is 461 g/mol. The molecule has 1 aromatic heterocycles. The Hall–Kier alpha value is -3.68. The fraction of sp³-hybridized carbons (Fsp3) is 0.346. The van der Waals surface area contributed by atoms with Crippen molar-refractivity contribution in [2.24, 2.45) is 0 Å². The van der Waals surface area contributed by atoms with Crippen molar-refractivity contribution in [3.63, 3.8) is 0 Å². The van der Waals surface area contributed by atoms with Crippen molar-refractivity contribution in [3.8, 4) is 5.75 Å². The van der Waals surface area contributed by atoms with Gasteiger partial charge in [-0.2, -0.15) is 0 Å². The van der Waals surface area contributed by atoms with Gasteiger partial charge < -0.3 is 19.4 Å². The van der Waals surface area contributed by atoms with Crippen LogP contribution in [0.25, 0.3) is 10.8 Å². The number of halogens is 1. The van der Waals surface area contributed by atoms with Gasteiger partial charge in [0.25, 0.3) is 0 Å². The van der Waals surface area contributed by atoms with E-state index in [0.717, 1.165) is 27.8 Å². The third-order valence-electron chi connectivity index (χ3n) is 6.68. The van der Waals surface area contributed by atoms with Gasteiger partial charge in [-0.05, 0) is 30.9 Å². The maximum atomic E-state index is 15.5. The zero-order chi connectivity index (χ0) is 23.8.